The highest BCUT2D eigenvalue weighted by Gasteiger charge is 2.23. The predicted molar refractivity (Wildman–Crippen MR) is 108 cm³/mol. The van der Waals surface area contributed by atoms with Crippen LogP contribution in [0, 0.1) is 5.82 Å². The first-order valence-corrected chi connectivity index (χ1v) is 11.0. The van der Waals surface area contributed by atoms with Gasteiger partial charge in [-0.15, -0.1) is 0 Å². The van der Waals surface area contributed by atoms with E-state index in [2.05, 4.69) is 4.90 Å². The fraction of sp³-hybridized carbons (Fsp3) is 0.333. The summed E-state index contributed by atoms with van der Waals surface area (Å²) >= 11 is 0. The summed E-state index contributed by atoms with van der Waals surface area (Å²) in [5.74, 6) is -0.997. The summed E-state index contributed by atoms with van der Waals surface area (Å²) in [4.78, 5) is 27.6. The van der Waals surface area contributed by atoms with E-state index >= 15 is 0 Å². The normalized spacial score (nSPS) is 14.7. The number of sulfone groups is 1. The van der Waals surface area contributed by atoms with E-state index in [0.717, 1.165) is 17.8 Å². The molecule has 1 amide bonds. The third-order valence-electron chi connectivity index (χ3n) is 5.03. The van der Waals surface area contributed by atoms with Gasteiger partial charge in [0.15, 0.2) is 15.6 Å². The number of hydrogen-bond donors (Lipinski definition) is 0. The van der Waals surface area contributed by atoms with Gasteiger partial charge in [0.25, 0.3) is 0 Å². The molecule has 1 saturated heterocycles. The van der Waals surface area contributed by atoms with Crippen molar-refractivity contribution in [3.63, 3.8) is 0 Å². The van der Waals surface area contributed by atoms with E-state index in [9.17, 15) is 22.4 Å². The molecule has 29 heavy (non-hydrogen) atoms. The zero-order chi connectivity index (χ0) is 21.0. The van der Waals surface area contributed by atoms with Crippen molar-refractivity contribution < 1.29 is 22.4 Å². The summed E-state index contributed by atoms with van der Waals surface area (Å²) < 4.78 is 37.6. The van der Waals surface area contributed by atoms with Gasteiger partial charge < -0.3 is 9.80 Å². The highest BCUT2D eigenvalue weighted by atomic mass is 32.2. The molecule has 1 heterocycles. The lowest BCUT2D eigenvalue weighted by Crippen LogP contribution is -2.49. The van der Waals surface area contributed by atoms with Crippen LogP contribution in [0.3, 0.4) is 0 Å². The Kier molecular flexibility index (Phi) is 6.32. The van der Waals surface area contributed by atoms with Crippen LogP contribution in [0.2, 0.25) is 0 Å². The number of carbonyl (C=O) groups is 2. The smallest absolute Gasteiger partial charge is 0.223 e. The number of amides is 1. The predicted octanol–water partition coefficient (Wildman–Crippen LogP) is 2.54. The van der Waals surface area contributed by atoms with E-state index < -0.39 is 15.7 Å². The van der Waals surface area contributed by atoms with E-state index in [1.54, 1.807) is 17.0 Å². The third kappa shape index (κ3) is 5.20. The van der Waals surface area contributed by atoms with Gasteiger partial charge in [-0.05, 0) is 55.5 Å². The van der Waals surface area contributed by atoms with Crippen LogP contribution in [0.5, 0.6) is 0 Å². The van der Waals surface area contributed by atoms with Gasteiger partial charge in [0.1, 0.15) is 5.82 Å². The van der Waals surface area contributed by atoms with Gasteiger partial charge in [-0.3, -0.25) is 9.59 Å². The number of Topliss-reactive ketones (excluding diaryl/α,β-unsaturated/α-hetero) is 1. The maximum atomic E-state index is 13.0. The highest BCUT2D eigenvalue weighted by Crippen LogP contribution is 2.19. The van der Waals surface area contributed by atoms with E-state index in [-0.39, 0.29) is 28.8 Å². The number of nitrogens with zero attached hydrogens (tertiary/aromatic N) is 2. The molecule has 6 nitrogen and oxygen atoms in total. The first-order chi connectivity index (χ1) is 13.8. The Bertz CT molecular complexity index is 980. The first kappa shape index (κ1) is 21.0. The molecule has 0 N–H and O–H groups in total. The van der Waals surface area contributed by atoms with Crippen molar-refractivity contribution in [3.05, 3.63) is 59.9 Å². The maximum absolute atomic E-state index is 13.0. The Balaban J connectivity index is 1.52. The van der Waals surface area contributed by atoms with Crippen molar-refractivity contribution in [3.8, 4) is 0 Å². The van der Waals surface area contributed by atoms with E-state index in [1.807, 2.05) is 12.1 Å². The molecule has 2 aromatic carbocycles. The third-order valence-corrected chi connectivity index (χ3v) is 6.76. The van der Waals surface area contributed by atoms with Crippen LogP contribution in [0.1, 0.15) is 23.7 Å². The van der Waals surface area contributed by atoms with Crippen molar-refractivity contribution in [2.75, 3.05) is 36.8 Å². The largest absolute Gasteiger partial charge is 0.368 e. The molecule has 1 aliphatic rings. The van der Waals surface area contributed by atoms with Gasteiger partial charge in [0, 0.05) is 43.9 Å². The summed E-state index contributed by atoms with van der Waals surface area (Å²) in [6.45, 7) is 3.80. The molecule has 0 radical (unpaired) electrons. The van der Waals surface area contributed by atoms with E-state index in [1.165, 1.54) is 19.1 Å². The molecule has 0 bridgehead atoms. The summed E-state index contributed by atoms with van der Waals surface area (Å²) in [6, 6.07) is 12.0. The Morgan fingerprint density at radius 2 is 1.52 bits per heavy atom. The molecule has 8 heteroatoms. The van der Waals surface area contributed by atoms with Crippen molar-refractivity contribution in [2.24, 2.45) is 0 Å². The average molecular weight is 418 g/mol. The summed E-state index contributed by atoms with van der Waals surface area (Å²) in [7, 11) is -3.63. The Morgan fingerprint density at radius 3 is 2.07 bits per heavy atom. The number of anilines is 1. The molecule has 154 valence electrons. The van der Waals surface area contributed by atoms with Crippen LogP contribution in [0.15, 0.2) is 53.4 Å². The van der Waals surface area contributed by atoms with Gasteiger partial charge in [-0.25, -0.2) is 12.8 Å². The van der Waals surface area contributed by atoms with Gasteiger partial charge in [0.2, 0.25) is 5.91 Å². The molecular formula is C21H23FN2O4S. The fourth-order valence-corrected chi connectivity index (χ4v) is 4.49. The molecule has 0 atom stereocenters. The number of piperazine rings is 1. The highest BCUT2D eigenvalue weighted by molar-refractivity contribution is 7.91. The Labute approximate surface area is 169 Å². The van der Waals surface area contributed by atoms with Gasteiger partial charge >= 0.3 is 0 Å². The van der Waals surface area contributed by atoms with E-state index in [4.69, 9.17) is 0 Å². The summed E-state index contributed by atoms with van der Waals surface area (Å²) in [6.07, 6.45) is -0.104. The quantitative estimate of drug-likeness (QED) is 0.532. The lowest BCUT2D eigenvalue weighted by atomic mass is 10.1. The minimum Gasteiger partial charge on any atom is -0.368 e. The molecule has 3 rings (SSSR count). The average Bonchev–Trinajstić information content (AvgIpc) is 2.72. The first-order valence-electron chi connectivity index (χ1n) is 9.38. The van der Waals surface area contributed by atoms with Gasteiger partial charge in [-0.1, -0.05) is 0 Å². The molecule has 0 saturated carbocycles. The Morgan fingerprint density at radius 1 is 0.931 bits per heavy atom. The molecule has 1 aliphatic heterocycles. The van der Waals surface area contributed by atoms with Crippen LogP contribution in [0.4, 0.5) is 10.1 Å². The number of halogens is 1. The topological polar surface area (TPSA) is 74.8 Å². The standard InChI is InChI=1S/C21H23FN2O4S/c1-16(25)17-2-6-19(7-3-17)23-11-13-24(14-12-23)21(26)10-15-29(27,28)20-8-4-18(22)5-9-20/h2-9H,10-15H2,1H3. The van der Waals surface area contributed by atoms with Crippen molar-refractivity contribution in [2.45, 2.75) is 18.2 Å². The molecule has 0 aromatic heterocycles. The zero-order valence-corrected chi connectivity index (χ0v) is 17.0. The lowest BCUT2D eigenvalue weighted by molar-refractivity contribution is -0.131. The number of carbonyl (C=O) groups excluding carboxylic acids is 2. The van der Waals surface area contributed by atoms with Crippen LogP contribution in [-0.4, -0.2) is 56.9 Å². The van der Waals surface area contributed by atoms with Crippen molar-refractivity contribution in [1.82, 2.24) is 4.90 Å². The zero-order valence-electron chi connectivity index (χ0n) is 16.2. The molecule has 0 spiro atoms. The number of benzene rings is 2. The molecule has 0 unspecified atom stereocenters. The van der Waals surface area contributed by atoms with Crippen LogP contribution >= 0.6 is 0 Å². The number of ketones is 1. The maximum Gasteiger partial charge on any atom is 0.223 e. The van der Waals surface area contributed by atoms with Crippen LogP contribution in [-0.2, 0) is 14.6 Å². The van der Waals surface area contributed by atoms with Crippen LogP contribution < -0.4 is 4.90 Å². The van der Waals surface area contributed by atoms with Crippen molar-refractivity contribution >= 4 is 27.2 Å². The minimum atomic E-state index is -3.63. The molecule has 0 aliphatic carbocycles. The second kappa shape index (κ2) is 8.73. The van der Waals surface area contributed by atoms with E-state index in [0.29, 0.717) is 31.7 Å². The second-order valence-electron chi connectivity index (χ2n) is 6.99. The van der Waals surface area contributed by atoms with Crippen LogP contribution in [0.25, 0.3) is 0 Å². The molecular weight excluding hydrogens is 395 g/mol. The van der Waals surface area contributed by atoms with Gasteiger partial charge in [-0.2, -0.15) is 0 Å². The summed E-state index contributed by atoms with van der Waals surface area (Å²) in [5, 5.41) is 0. The number of rotatable bonds is 6. The monoisotopic (exact) mass is 418 g/mol. The lowest BCUT2D eigenvalue weighted by Gasteiger charge is -2.36. The minimum absolute atomic E-state index is 0.0163. The summed E-state index contributed by atoms with van der Waals surface area (Å²) in [5.41, 5.74) is 1.64. The Hall–Kier alpha value is -2.74. The number of hydrogen-bond acceptors (Lipinski definition) is 5. The molecule has 2 aromatic rings. The molecule has 1 fully saturated rings. The fourth-order valence-electron chi connectivity index (χ4n) is 3.26. The second-order valence-corrected chi connectivity index (χ2v) is 9.10. The van der Waals surface area contributed by atoms with Gasteiger partial charge in [0.05, 0.1) is 10.6 Å². The van der Waals surface area contributed by atoms with Crippen molar-refractivity contribution in [1.29, 1.82) is 0 Å². The SMILES string of the molecule is CC(=O)c1ccc(N2CCN(C(=O)CCS(=O)(=O)c3ccc(F)cc3)CC2)cc1.